The van der Waals surface area contributed by atoms with Gasteiger partial charge >= 0.3 is 0 Å². The molecule has 1 aromatic carbocycles. The summed E-state index contributed by atoms with van der Waals surface area (Å²) in [6.07, 6.45) is 9.96. The first-order valence-corrected chi connectivity index (χ1v) is 10.7. The van der Waals surface area contributed by atoms with Crippen molar-refractivity contribution in [2.45, 2.75) is 70.6 Å². The van der Waals surface area contributed by atoms with Crippen molar-refractivity contribution in [2.24, 2.45) is 0 Å². The first-order chi connectivity index (χ1) is 14.1. The summed E-state index contributed by atoms with van der Waals surface area (Å²) in [5.41, 5.74) is 2.18. The van der Waals surface area contributed by atoms with Gasteiger partial charge in [-0.2, -0.15) is 0 Å². The molecule has 4 nitrogen and oxygen atoms in total. The van der Waals surface area contributed by atoms with Crippen LogP contribution >= 0.6 is 0 Å². The molecule has 1 saturated carbocycles. The predicted octanol–water partition coefficient (Wildman–Crippen LogP) is 6.38. The number of benzene rings is 1. The molecule has 0 N–H and O–H groups in total. The summed E-state index contributed by atoms with van der Waals surface area (Å²) in [6, 6.07) is 7.35. The second-order valence-corrected chi connectivity index (χ2v) is 7.96. The van der Waals surface area contributed by atoms with Crippen molar-refractivity contribution in [2.75, 3.05) is 0 Å². The number of pyridine rings is 1. The highest BCUT2D eigenvalue weighted by molar-refractivity contribution is 5.84. The van der Waals surface area contributed by atoms with Crippen LogP contribution in [0.5, 0.6) is 0 Å². The van der Waals surface area contributed by atoms with E-state index in [1.54, 1.807) is 12.3 Å². The number of ketones is 1. The second-order valence-electron chi connectivity index (χ2n) is 7.96. The molecule has 0 saturated heterocycles. The molecule has 0 amide bonds. The van der Waals surface area contributed by atoms with Gasteiger partial charge in [-0.05, 0) is 37.8 Å². The Morgan fingerprint density at radius 3 is 2.79 bits per heavy atom. The van der Waals surface area contributed by atoms with E-state index in [0.29, 0.717) is 47.3 Å². The molecule has 0 spiro atoms. The van der Waals surface area contributed by atoms with Crippen LogP contribution in [-0.4, -0.2) is 15.8 Å². The maximum Gasteiger partial charge on any atom is 0.194 e. The van der Waals surface area contributed by atoms with Gasteiger partial charge in [0.15, 0.2) is 11.7 Å². The van der Waals surface area contributed by atoms with Gasteiger partial charge < -0.3 is 4.42 Å². The minimum atomic E-state index is -0.332. The average molecular weight is 394 g/mol. The third kappa shape index (κ3) is 4.89. The normalized spacial score (nSPS) is 13.9. The van der Waals surface area contributed by atoms with E-state index < -0.39 is 0 Å². The molecule has 3 aromatic rings. The number of oxazole rings is 1. The summed E-state index contributed by atoms with van der Waals surface area (Å²) in [4.78, 5) is 20.2. The van der Waals surface area contributed by atoms with Crippen LogP contribution < -0.4 is 0 Å². The minimum absolute atomic E-state index is 0.332. The van der Waals surface area contributed by atoms with E-state index in [1.165, 1.54) is 18.9 Å². The molecular weight excluding hydrogens is 367 g/mol. The van der Waals surface area contributed by atoms with E-state index in [0.717, 1.165) is 43.2 Å². The number of aryl methyl sites for hydroxylation is 1. The fraction of sp³-hybridized carbons (Fsp3) is 0.458. The zero-order chi connectivity index (χ0) is 20.2. The van der Waals surface area contributed by atoms with Crippen LogP contribution in [0.2, 0.25) is 0 Å². The van der Waals surface area contributed by atoms with E-state index in [9.17, 15) is 9.18 Å². The van der Waals surface area contributed by atoms with Gasteiger partial charge in [0.2, 0.25) is 0 Å². The Balaban J connectivity index is 1.37. The van der Waals surface area contributed by atoms with E-state index in [4.69, 9.17) is 4.42 Å². The Morgan fingerprint density at radius 2 is 2.00 bits per heavy atom. The lowest BCUT2D eigenvalue weighted by Crippen LogP contribution is -1.94. The number of unbranched alkanes of at least 4 members (excludes halogenated alkanes) is 3. The maximum atomic E-state index is 14.7. The standard InChI is InChI=1S/C24H27FN2O2/c1-2-18(28)7-5-3-4-6-8-24-26-15-23(29-24)19-13-17-11-12-21(16-9-10-16)27-22(17)14-20(19)25/h11-16H,2-10H2,1H3. The highest BCUT2D eigenvalue weighted by Gasteiger charge is 2.25. The Hall–Kier alpha value is -2.56. The van der Waals surface area contributed by atoms with Crippen molar-refractivity contribution < 1.29 is 13.6 Å². The van der Waals surface area contributed by atoms with Gasteiger partial charge in [0.05, 0.1) is 17.3 Å². The Morgan fingerprint density at radius 1 is 1.17 bits per heavy atom. The number of carbonyl (C=O) groups excluding carboxylic acids is 1. The lowest BCUT2D eigenvalue weighted by atomic mass is 10.1. The molecular formula is C24H27FN2O2. The van der Waals surface area contributed by atoms with Crippen LogP contribution in [0.3, 0.4) is 0 Å². The van der Waals surface area contributed by atoms with Crippen molar-refractivity contribution in [1.82, 2.24) is 9.97 Å². The van der Waals surface area contributed by atoms with Crippen LogP contribution in [0.15, 0.2) is 34.9 Å². The van der Waals surface area contributed by atoms with E-state index >= 15 is 0 Å². The van der Waals surface area contributed by atoms with Gasteiger partial charge in [-0.25, -0.2) is 9.37 Å². The molecule has 1 aliphatic rings. The van der Waals surface area contributed by atoms with Crippen molar-refractivity contribution in [1.29, 1.82) is 0 Å². The van der Waals surface area contributed by atoms with Gasteiger partial charge in [-0.3, -0.25) is 9.78 Å². The monoisotopic (exact) mass is 394 g/mol. The lowest BCUT2D eigenvalue weighted by Gasteiger charge is -2.05. The van der Waals surface area contributed by atoms with Crippen molar-refractivity contribution in [3.05, 3.63) is 47.9 Å². The number of fused-ring (bicyclic) bond motifs is 1. The van der Waals surface area contributed by atoms with Crippen LogP contribution in [0.4, 0.5) is 4.39 Å². The van der Waals surface area contributed by atoms with Crippen molar-refractivity contribution in [3.8, 4) is 11.3 Å². The Labute approximate surface area is 170 Å². The fourth-order valence-electron chi connectivity index (χ4n) is 3.64. The van der Waals surface area contributed by atoms with Crippen LogP contribution in [0.1, 0.15) is 75.8 Å². The molecule has 29 heavy (non-hydrogen) atoms. The first-order valence-electron chi connectivity index (χ1n) is 10.7. The third-order valence-corrected chi connectivity index (χ3v) is 5.60. The lowest BCUT2D eigenvalue weighted by molar-refractivity contribution is -0.118. The molecule has 2 heterocycles. The molecule has 5 heteroatoms. The molecule has 4 rings (SSSR count). The highest BCUT2D eigenvalue weighted by atomic mass is 19.1. The Kier molecular flexibility index (Phi) is 6.02. The zero-order valence-electron chi connectivity index (χ0n) is 16.9. The molecule has 152 valence electrons. The Bertz CT molecular complexity index is 1010. The summed E-state index contributed by atoms with van der Waals surface area (Å²) in [6.45, 7) is 1.91. The summed E-state index contributed by atoms with van der Waals surface area (Å²) in [5, 5.41) is 0.908. The number of rotatable bonds is 10. The third-order valence-electron chi connectivity index (χ3n) is 5.60. The van der Waals surface area contributed by atoms with Crippen LogP contribution in [-0.2, 0) is 11.2 Å². The fourth-order valence-corrected chi connectivity index (χ4v) is 3.64. The highest BCUT2D eigenvalue weighted by Crippen LogP contribution is 2.39. The summed E-state index contributed by atoms with van der Waals surface area (Å²) in [7, 11) is 0. The molecule has 1 fully saturated rings. The summed E-state index contributed by atoms with van der Waals surface area (Å²) in [5.74, 6) is 1.64. The first kappa shape index (κ1) is 19.7. The van der Waals surface area contributed by atoms with Gasteiger partial charge in [0.1, 0.15) is 11.6 Å². The van der Waals surface area contributed by atoms with Crippen LogP contribution in [0.25, 0.3) is 22.2 Å². The predicted molar refractivity (Wildman–Crippen MR) is 111 cm³/mol. The number of Topliss-reactive ketones (excluding diaryl/α,β-unsaturated/α-hetero) is 1. The molecule has 0 radical (unpaired) electrons. The van der Waals surface area contributed by atoms with Gasteiger partial charge in [0, 0.05) is 42.3 Å². The average Bonchev–Trinajstić information content (AvgIpc) is 3.48. The van der Waals surface area contributed by atoms with E-state index in [2.05, 4.69) is 9.97 Å². The summed E-state index contributed by atoms with van der Waals surface area (Å²) < 4.78 is 20.5. The molecule has 0 atom stereocenters. The minimum Gasteiger partial charge on any atom is -0.441 e. The van der Waals surface area contributed by atoms with Gasteiger partial charge in [-0.1, -0.05) is 25.8 Å². The SMILES string of the molecule is CCC(=O)CCCCCCc1ncc(-c2cc3ccc(C4CC4)nc3cc2F)o1. The number of aromatic nitrogens is 2. The molecule has 0 unspecified atom stereocenters. The molecule has 0 aliphatic heterocycles. The number of carbonyl (C=O) groups is 1. The van der Waals surface area contributed by atoms with Crippen molar-refractivity contribution in [3.63, 3.8) is 0 Å². The number of hydrogen-bond acceptors (Lipinski definition) is 4. The molecule has 0 bridgehead atoms. The number of hydrogen-bond donors (Lipinski definition) is 0. The second kappa shape index (κ2) is 8.85. The maximum absolute atomic E-state index is 14.7. The van der Waals surface area contributed by atoms with Gasteiger partial charge in [-0.15, -0.1) is 0 Å². The van der Waals surface area contributed by atoms with E-state index in [-0.39, 0.29) is 5.82 Å². The molecule has 2 aromatic heterocycles. The molecule has 1 aliphatic carbocycles. The largest absolute Gasteiger partial charge is 0.441 e. The van der Waals surface area contributed by atoms with Crippen molar-refractivity contribution >= 4 is 16.7 Å². The number of nitrogens with zero attached hydrogens (tertiary/aromatic N) is 2. The summed E-state index contributed by atoms with van der Waals surface area (Å²) >= 11 is 0. The smallest absolute Gasteiger partial charge is 0.194 e. The quantitative estimate of drug-likeness (QED) is 0.374. The zero-order valence-corrected chi connectivity index (χ0v) is 16.9. The van der Waals surface area contributed by atoms with Crippen LogP contribution in [0, 0.1) is 5.82 Å². The number of halogens is 1. The topological polar surface area (TPSA) is 56.0 Å². The van der Waals surface area contributed by atoms with Gasteiger partial charge in [0.25, 0.3) is 0 Å². The van der Waals surface area contributed by atoms with E-state index in [1.807, 2.05) is 19.1 Å².